The lowest BCUT2D eigenvalue weighted by Gasteiger charge is -2.16. The Morgan fingerprint density at radius 2 is 1.86 bits per heavy atom. The number of nitrogens with one attached hydrogen (secondary N) is 2. The summed E-state index contributed by atoms with van der Waals surface area (Å²) in [6, 6.07) is 8.95. The number of anilines is 1. The average Bonchev–Trinajstić information content (AvgIpc) is 3.30. The molecule has 0 aliphatic heterocycles. The molecule has 1 aromatic carbocycles. The molecule has 11 heteroatoms. The lowest BCUT2D eigenvalue weighted by molar-refractivity contribution is 0.118. The summed E-state index contributed by atoms with van der Waals surface area (Å²) in [6.07, 6.45) is 1.88. The highest BCUT2D eigenvalue weighted by Gasteiger charge is 2.22. The Hall–Kier alpha value is -3.67. The first kappa shape index (κ1) is 26.4. The van der Waals surface area contributed by atoms with Crippen LogP contribution in [0.2, 0.25) is 0 Å². The number of aryl methyl sites for hydroxylation is 3. The molecule has 4 rings (SSSR count). The van der Waals surface area contributed by atoms with Crippen LogP contribution in [0.4, 0.5) is 5.69 Å². The molecule has 0 spiro atoms. The summed E-state index contributed by atoms with van der Waals surface area (Å²) in [4.78, 5) is 17.3. The van der Waals surface area contributed by atoms with Crippen LogP contribution in [0.1, 0.15) is 37.0 Å². The fourth-order valence-corrected chi connectivity index (χ4v) is 4.60. The van der Waals surface area contributed by atoms with Gasteiger partial charge in [-0.2, -0.15) is 0 Å². The molecule has 0 aliphatic carbocycles. The third-order valence-corrected chi connectivity index (χ3v) is 7.25. The van der Waals surface area contributed by atoms with E-state index in [0.29, 0.717) is 28.8 Å². The molecular formula is C26H30N4O6S. The van der Waals surface area contributed by atoms with Crippen LogP contribution >= 0.6 is 0 Å². The van der Waals surface area contributed by atoms with Crippen LogP contribution in [0.3, 0.4) is 0 Å². The van der Waals surface area contributed by atoms with Gasteiger partial charge in [0.2, 0.25) is 15.9 Å². The number of furan rings is 1. The van der Waals surface area contributed by atoms with Crippen LogP contribution in [0, 0.1) is 13.8 Å². The van der Waals surface area contributed by atoms with E-state index >= 15 is 0 Å². The highest BCUT2D eigenvalue weighted by Crippen LogP contribution is 2.39. The van der Waals surface area contributed by atoms with Gasteiger partial charge in [0.1, 0.15) is 11.5 Å². The van der Waals surface area contributed by atoms with Crippen molar-refractivity contribution in [1.29, 1.82) is 0 Å². The third-order valence-electron chi connectivity index (χ3n) is 5.95. The number of aromatic nitrogens is 2. The molecule has 10 nitrogen and oxygen atoms in total. The quantitative estimate of drug-likeness (QED) is 0.279. The smallest absolute Gasteiger partial charge is 0.293 e. The zero-order valence-corrected chi connectivity index (χ0v) is 22.1. The fraction of sp³-hybridized carbons (Fsp3) is 0.308. The van der Waals surface area contributed by atoms with Crippen LogP contribution in [0.15, 0.2) is 51.9 Å². The Morgan fingerprint density at radius 3 is 2.51 bits per heavy atom. The van der Waals surface area contributed by atoms with Crippen molar-refractivity contribution in [2.45, 2.75) is 33.9 Å². The normalized spacial score (nSPS) is 12.6. The van der Waals surface area contributed by atoms with Crippen molar-refractivity contribution >= 4 is 26.7 Å². The Morgan fingerprint density at radius 1 is 1.16 bits per heavy atom. The predicted octanol–water partition coefficient (Wildman–Crippen LogP) is 3.96. The number of hydrogen-bond acceptors (Lipinski definition) is 8. The maximum absolute atomic E-state index is 12.9. The van der Waals surface area contributed by atoms with Gasteiger partial charge in [-0.25, -0.2) is 13.4 Å². The molecule has 0 fully saturated rings. The summed E-state index contributed by atoms with van der Waals surface area (Å²) in [7, 11) is -1.99. The molecule has 3 heterocycles. The molecule has 196 valence electrons. The van der Waals surface area contributed by atoms with Gasteiger partial charge < -0.3 is 18.8 Å². The zero-order valence-electron chi connectivity index (χ0n) is 21.3. The second kappa shape index (κ2) is 10.4. The monoisotopic (exact) mass is 526 g/mol. The number of sulfonamides is 1. The Balaban J connectivity index is 1.97. The highest BCUT2D eigenvalue weighted by atomic mass is 32.2. The van der Waals surface area contributed by atoms with Gasteiger partial charge >= 0.3 is 0 Å². The maximum atomic E-state index is 12.9. The molecule has 3 N–H and O–H groups in total. The molecule has 0 amide bonds. The number of rotatable bonds is 9. The third kappa shape index (κ3) is 5.38. The van der Waals surface area contributed by atoms with E-state index in [0.717, 1.165) is 11.1 Å². The highest BCUT2D eigenvalue weighted by molar-refractivity contribution is 7.92. The van der Waals surface area contributed by atoms with Gasteiger partial charge in [0.05, 0.1) is 17.6 Å². The molecule has 0 saturated carbocycles. The molecule has 4 aromatic rings. The standard InChI is InChI=1S/C26H30N4O6S/c1-6-27-24(31)21-12-18-20(14-30(5)26(32)23(18)35-21)19-11-17(29-37(33,34)7-2)13-28-25(19)36-22-15(3)9-8-10-16(22)4/h8-14,24,27,29,31H,6-7H2,1-5H3. The minimum absolute atomic E-state index is 0.0458. The molecule has 0 radical (unpaired) electrons. The number of aliphatic hydroxyl groups excluding tert-OH is 1. The second-order valence-electron chi connectivity index (χ2n) is 8.72. The maximum Gasteiger partial charge on any atom is 0.293 e. The molecule has 3 aromatic heterocycles. The minimum atomic E-state index is -3.57. The molecule has 0 aliphatic rings. The second-order valence-corrected chi connectivity index (χ2v) is 10.7. The van der Waals surface area contributed by atoms with Crippen LogP contribution in [-0.4, -0.2) is 35.4 Å². The molecule has 0 bridgehead atoms. The van der Waals surface area contributed by atoms with Gasteiger partial charge in [-0.05, 0) is 50.6 Å². The SMILES string of the molecule is CCNC(O)c1cc2c(-c3cc(NS(=O)(=O)CC)cnc3Oc3c(C)cccc3C)cn(C)c(=O)c2o1. The van der Waals surface area contributed by atoms with E-state index in [9.17, 15) is 18.3 Å². The Bertz CT molecular complexity index is 1600. The van der Waals surface area contributed by atoms with E-state index in [1.165, 1.54) is 17.7 Å². The van der Waals surface area contributed by atoms with E-state index < -0.39 is 16.3 Å². The fourth-order valence-electron chi connectivity index (χ4n) is 3.99. The van der Waals surface area contributed by atoms with Gasteiger partial charge in [-0.3, -0.25) is 14.8 Å². The molecular weight excluding hydrogens is 496 g/mol. The lowest BCUT2D eigenvalue weighted by Crippen LogP contribution is -2.19. The molecule has 1 atom stereocenters. The van der Waals surface area contributed by atoms with Crippen molar-refractivity contribution in [2.24, 2.45) is 7.05 Å². The number of nitrogens with zero attached hydrogens (tertiary/aromatic N) is 2. The summed E-state index contributed by atoms with van der Waals surface area (Å²) in [5, 5.41) is 13.7. The number of benzene rings is 1. The van der Waals surface area contributed by atoms with E-state index in [1.54, 1.807) is 25.4 Å². The molecule has 0 saturated heterocycles. The van der Waals surface area contributed by atoms with Crippen molar-refractivity contribution < 1.29 is 22.7 Å². The van der Waals surface area contributed by atoms with Gasteiger partial charge in [-0.15, -0.1) is 0 Å². The van der Waals surface area contributed by atoms with Crippen molar-refractivity contribution in [3.63, 3.8) is 0 Å². The predicted molar refractivity (Wildman–Crippen MR) is 142 cm³/mol. The van der Waals surface area contributed by atoms with Gasteiger partial charge in [-0.1, -0.05) is 25.1 Å². The van der Waals surface area contributed by atoms with E-state index in [1.807, 2.05) is 39.0 Å². The largest absolute Gasteiger partial charge is 0.451 e. The van der Waals surface area contributed by atoms with E-state index in [4.69, 9.17) is 9.15 Å². The number of para-hydroxylation sites is 1. The number of ether oxygens (including phenoxy) is 1. The Labute approximate surface area is 215 Å². The summed E-state index contributed by atoms with van der Waals surface area (Å²) >= 11 is 0. The van der Waals surface area contributed by atoms with Gasteiger partial charge in [0.15, 0.2) is 11.8 Å². The van der Waals surface area contributed by atoms with Crippen LogP contribution in [-0.2, 0) is 17.1 Å². The number of pyridine rings is 2. The zero-order chi connectivity index (χ0) is 26.9. The number of fused-ring (bicyclic) bond motifs is 1. The number of hydrogen-bond donors (Lipinski definition) is 3. The van der Waals surface area contributed by atoms with E-state index in [-0.39, 0.29) is 34.2 Å². The van der Waals surface area contributed by atoms with Crippen molar-refractivity contribution in [3.8, 4) is 22.8 Å². The van der Waals surface area contributed by atoms with Crippen molar-refractivity contribution in [1.82, 2.24) is 14.9 Å². The summed E-state index contributed by atoms with van der Waals surface area (Å²) < 4.78 is 40.5. The minimum Gasteiger partial charge on any atom is -0.451 e. The molecule has 37 heavy (non-hydrogen) atoms. The Kier molecular flexibility index (Phi) is 7.39. The lowest BCUT2D eigenvalue weighted by atomic mass is 10.0. The van der Waals surface area contributed by atoms with Crippen LogP contribution in [0.25, 0.3) is 22.1 Å². The molecule has 1 unspecified atom stereocenters. The van der Waals surface area contributed by atoms with Crippen LogP contribution in [0.5, 0.6) is 11.6 Å². The average molecular weight is 527 g/mol. The topological polar surface area (TPSA) is 136 Å². The first-order valence-corrected chi connectivity index (χ1v) is 13.5. The first-order valence-electron chi connectivity index (χ1n) is 11.8. The van der Waals surface area contributed by atoms with Gasteiger partial charge in [0, 0.05) is 29.8 Å². The summed E-state index contributed by atoms with van der Waals surface area (Å²) in [6.45, 7) is 7.69. The van der Waals surface area contributed by atoms with Gasteiger partial charge in [0.25, 0.3) is 5.56 Å². The van der Waals surface area contributed by atoms with E-state index in [2.05, 4.69) is 15.0 Å². The summed E-state index contributed by atoms with van der Waals surface area (Å²) in [5.41, 5.74) is 2.64. The summed E-state index contributed by atoms with van der Waals surface area (Å²) in [5.74, 6) is 0.899. The first-order chi connectivity index (χ1) is 17.5. The van der Waals surface area contributed by atoms with Crippen LogP contribution < -0.4 is 20.3 Å². The number of aliphatic hydroxyl groups is 1. The van der Waals surface area contributed by atoms with Crippen molar-refractivity contribution in [3.05, 3.63) is 70.0 Å². The van der Waals surface area contributed by atoms with Crippen molar-refractivity contribution in [2.75, 3.05) is 17.0 Å².